The molecule has 0 aliphatic heterocycles. The predicted molar refractivity (Wildman–Crippen MR) is 139 cm³/mol. The van der Waals surface area contributed by atoms with Gasteiger partial charge in [-0.2, -0.15) is 5.10 Å². The molecule has 1 aliphatic rings. The highest BCUT2D eigenvalue weighted by Gasteiger charge is 2.27. The second-order valence-electron chi connectivity index (χ2n) is 9.84. The summed E-state index contributed by atoms with van der Waals surface area (Å²) in [5, 5.41) is 8.42. The minimum atomic E-state index is -0.212. The van der Waals surface area contributed by atoms with Crippen molar-refractivity contribution in [1.29, 1.82) is 0 Å². The van der Waals surface area contributed by atoms with E-state index in [0.29, 0.717) is 17.2 Å². The van der Waals surface area contributed by atoms with Crippen LogP contribution in [0, 0.1) is 13.8 Å². The van der Waals surface area contributed by atoms with Crippen LogP contribution in [0.3, 0.4) is 0 Å². The van der Waals surface area contributed by atoms with E-state index in [2.05, 4.69) is 64.7 Å². The third kappa shape index (κ3) is 4.77. The van der Waals surface area contributed by atoms with Crippen LogP contribution in [0.2, 0.25) is 0 Å². The van der Waals surface area contributed by atoms with Crippen LogP contribution in [0.4, 0.5) is 0 Å². The number of pyridine rings is 1. The van der Waals surface area contributed by atoms with Crippen molar-refractivity contribution in [3.8, 4) is 11.1 Å². The van der Waals surface area contributed by atoms with E-state index in [1.807, 2.05) is 30.7 Å². The lowest BCUT2D eigenvalue weighted by Gasteiger charge is -2.13. The number of carbonyl (C=O) groups is 1. The van der Waals surface area contributed by atoms with Gasteiger partial charge in [-0.25, -0.2) is 0 Å². The molecule has 35 heavy (non-hydrogen) atoms. The Morgan fingerprint density at radius 3 is 2.51 bits per heavy atom. The number of rotatable bonds is 7. The molecule has 2 heterocycles. The molecule has 0 spiro atoms. The molecule has 4 aromatic rings. The first-order chi connectivity index (χ1) is 16.8. The highest BCUT2D eigenvalue weighted by Crippen LogP contribution is 2.38. The highest BCUT2D eigenvalue weighted by molar-refractivity contribution is 6.08. The van der Waals surface area contributed by atoms with Gasteiger partial charge in [0.1, 0.15) is 0 Å². The van der Waals surface area contributed by atoms with Gasteiger partial charge < -0.3 is 15.2 Å². The molecule has 7 nitrogen and oxygen atoms in total. The van der Waals surface area contributed by atoms with Crippen molar-refractivity contribution in [2.24, 2.45) is 0 Å². The van der Waals surface area contributed by atoms with Gasteiger partial charge in [0, 0.05) is 29.7 Å². The summed E-state index contributed by atoms with van der Waals surface area (Å²) in [7, 11) is 4.11. The van der Waals surface area contributed by atoms with E-state index in [1.165, 1.54) is 5.56 Å². The van der Waals surface area contributed by atoms with Gasteiger partial charge in [0.15, 0.2) is 0 Å². The normalized spacial score (nSPS) is 13.5. The maximum absolute atomic E-state index is 13.4. The van der Waals surface area contributed by atoms with Gasteiger partial charge in [0.25, 0.3) is 11.5 Å². The summed E-state index contributed by atoms with van der Waals surface area (Å²) in [5.74, 6) is -0.212. The monoisotopic (exact) mass is 469 g/mol. The lowest BCUT2D eigenvalue weighted by atomic mass is 9.98. The van der Waals surface area contributed by atoms with Crippen molar-refractivity contribution in [3.05, 3.63) is 87.0 Å². The minimum Gasteiger partial charge on any atom is -0.348 e. The van der Waals surface area contributed by atoms with Crippen LogP contribution in [0.1, 0.15) is 51.6 Å². The number of hydrogen-bond donors (Lipinski definition) is 2. The smallest absolute Gasteiger partial charge is 0.253 e. The number of fused-ring (bicyclic) bond motifs is 1. The summed E-state index contributed by atoms with van der Waals surface area (Å²) >= 11 is 0. The summed E-state index contributed by atoms with van der Waals surface area (Å²) in [4.78, 5) is 30.8. The first kappa shape index (κ1) is 23.1. The largest absolute Gasteiger partial charge is 0.348 e. The lowest BCUT2D eigenvalue weighted by Crippen LogP contribution is -2.28. The molecule has 1 fully saturated rings. The summed E-state index contributed by atoms with van der Waals surface area (Å²) in [6.45, 7) is 4.78. The molecule has 2 N–H and O–H groups in total. The average molecular weight is 470 g/mol. The van der Waals surface area contributed by atoms with Crippen molar-refractivity contribution in [2.45, 2.75) is 45.8 Å². The van der Waals surface area contributed by atoms with Gasteiger partial charge in [0.05, 0.1) is 23.3 Å². The van der Waals surface area contributed by atoms with Gasteiger partial charge in [-0.1, -0.05) is 24.3 Å². The number of aromatic nitrogens is 3. The topological polar surface area (TPSA) is 83.0 Å². The standard InChI is InChI=1S/C28H31N5O2/c1-17-11-18(2)31-28(35)24(17)14-29-27(34)23-12-21(20-7-5-19(6-8-20)16-32(3)4)13-26-25(23)15-30-33(26)22-9-10-22/h5-8,11-13,15,22H,9-10,14,16H2,1-4H3,(H,29,34)(H,31,35). The van der Waals surface area contributed by atoms with Gasteiger partial charge in [-0.3, -0.25) is 14.3 Å². The Balaban J connectivity index is 1.51. The molecule has 0 atom stereocenters. The van der Waals surface area contributed by atoms with Gasteiger partial charge in [-0.05, 0) is 81.2 Å². The Hall–Kier alpha value is -3.71. The van der Waals surface area contributed by atoms with Crippen LogP contribution in [0.15, 0.2) is 53.5 Å². The van der Waals surface area contributed by atoms with Crippen LogP contribution in [0.25, 0.3) is 22.0 Å². The molecule has 1 aliphatic carbocycles. The molecule has 7 heteroatoms. The molecular formula is C28H31N5O2. The van der Waals surface area contributed by atoms with Crippen LogP contribution in [-0.4, -0.2) is 39.7 Å². The van der Waals surface area contributed by atoms with Crippen molar-refractivity contribution < 1.29 is 4.79 Å². The van der Waals surface area contributed by atoms with Gasteiger partial charge in [0.2, 0.25) is 0 Å². The number of nitrogens with one attached hydrogen (secondary N) is 2. The number of benzene rings is 2. The highest BCUT2D eigenvalue weighted by atomic mass is 16.1. The molecular weight excluding hydrogens is 438 g/mol. The molecule has 180 valence electrons. The molecule has 2 aromatic heterocycles. The molecule has 1 saturated carbocycles. The quantitative estimate of drug-likeness (QED) is 0.422. The van der Waals surface area contributed by atoms with Crippen LogP contribution >= 0.6 is 0 Å². The summed E-state index contributed by atoms with van der Waals surface area (Å²) in [5.41, 5.74) is 6.89. The molecule has 5 rings (SSSR count). The fourth-order valence-corrected chi connectivity index (χ4v) is 4.64. The Morgan fingerprint density at radius 2 is 1.86 bits per heavy atom. The predicted octanol–water partition coefficient (Wildman–Crippen LogP) is 4.33. The van der Waals surface area contributed by atoms with Crippen molar-refractivity contribution >= 4 is 16.8 Å². The van der Waals surface area contributed by atoms with Crippen LogP contribution in [-0.2, 0) is 13.1 Å². The fraction of sp³-hybridized carbons (Fsp3) is 0.321. The van der Waals surface area contributed by atoms with Crippen molar-refractivity contribution in [3.63, 3.8) is 0 Å². The van der Waals surface area contributed by atoms with E-state index in [1.54, 1.807) is 6.20 Å². The van der Waals surface area contributed by atoms with E-state index in [0.717, 1.165) is 52.7 Å². The molecule has 1 amide bonds. The summed E-state index contributed by atoms with van der Waals surface area (Å²) in [6, 6.07) is 14.9. The van der Waals surface area contributed by atoms with Crippen molar-refractivity contribution in [2.75, 3.05) is 14.1 Å². The number of hydrogen-bond acceptors (Lipinski definition) is 4. The van der Waals surface area contributed by atoms with Crippen molar-refractivity contribution in [1.82, 2.24) is 25.0 Å². The number of carbonyl (C=O) groups excluding carboxylic acids is 1. The SMILES string of the molecule is Cc1cc(C)c(CNC(=O)c2cc(-c3ccc(CN(C)C)cc3)cc3c2cnn3C2CC2)c(=O)[nH]1. The van der Waals surface area contributed by atoms with E-state index in [-0.39, 0.29) is 18.0 Å². The zero-order chi connectivity index (χ0) is 24.7. The first-order valence-corrected chi connectivity index (χ1v) is 12.0. The van der Waals surface area contributed by atoms with Crippen LogP contribution < -0.4 is 10.9 Å². The molecule has 0 saturated heterocycles. The third-order valence-electron chi connectivity index (χ3n) is 6.56. The number of aryl methyl sites for hydroxylation is 2. The zero-order valence-electron chi connectivity index (χ0n) is 20.7. The molecule has 0 unspecified atom stereocenters. The molecule has 2 aromatic carbocycles. The minimum absolute atomic E-state index is 0.166. The first-order valence-electron chi connectivity index (χ1n) is 12.0. The Morgan fingerprint density at radius 1 is 1.11 bits per heavy atom. The van der Waals surface area contributed by atoms with Gasteiger partial charge in [-0.15, -0.1) is 0 Å². The second-order valence-corrected chi connectivity index (χ2v) is 9.84. The summed E-state index contributed by atoms with van der Waals surface area (Å²) in [6.07, 6.45) is 4.00. The third-order valence-corrected chi connectivity index (χ3v) is 6.56. The van der Waals surface area contributed by atoms with E-state index in [4.69, 9.17) is 0 Å². The molecule has 0 radical (unpaired) electrons. The summed E-state index contributed by atoms with van der Waals surface area (Å²) < 4.78 is 2.05. The van der Waals surface area contributed by atoms with E-state index in [9.17, 15) is 9.59 Å². The zero-order valence-corrected chi connectivity index (χ0v) is 20.7. The number of aromatic amines is 1. The van der Waals surface area contributed by atoms with Gasteiger partial charge >= 0.3 is 0 Å². The number of H-pyrrole nitrogens is 1. The van der Waals surface area contributed by atoms with Crippen LogP contribution in [0.5, 0.6) is 0 Å². The Kier molecular flexibility index (Phi) is 6.03. The number of nitrogens with zero attached hydrogens (tertiary/aromatic N) is 3. The Bertz CT molecular complexity index is 1460. The van der Waals surface area contributed by atoms with E-state index >= 15 is 0 Å². The molecule has 0 bridgehead atoms. The maximum atomic E-state index is 13.4. The maximum Gasteiger partial charge on any atom is 0.253 e. The number of amides is 1. The lowest BCUT2D eigenvalue weighted by molar-refractivity contribution is 0.0952. The average Bonchev–Trinajstić information content (AvgIpc) is 3.56. The van der Waals surface area contributed by atoms with E-state index < -0.39 is 0 Å². The Labute approximate surface area is 204 Å². The second kappa shape index (κ2) is 9.15. The fourth-order valence-electron chi connectivity index (χ4n) is 4.64.